The molecule has 3 aliphatic rings. The molecule has 0 amide bonds. The largest absolute Gasteiger partial charge is 0.550 e. The molecular formula is C34H45O4Sb-2. The number of rotatable bonds is 0. The molecule has 0 heterocycles. The molecule has 0 aromatic carbocycles. The first-order chi connectivity index (χ1) is 17.3. The maximum Gasteiger partial charge on any atom is 0.0383 e. The van der Waals surface area contributed by atoms with E-state index >= 15 is 0 Å². The van der Waals surface area contributed by atoms with Gasteiger partial charge in [-0.15, -0.1) is 17.2 Å². The van der Waals surface area contributed by atoms with E-state index in [9.17, 15) is 0 Å². The van der Waals surface area contributed by atoms with E-state index in [2.05, 4.69) is 117 Å². The van der Waals surface area contributed by atoms with Crippen LogP contribution >= 0.6 is 0 Å². The summed E-state index contributed by atoms with van der Waals surface area (Å²) >= 11 is 0. The van der Waals surface area contributed by atoms with Crippen LogP contribution in [0.2, 0.25) is 0 Å². The Labute approximate surface area is 255 Å². The summed E-state index contributed by atoms with van der Waals surface area (Å²) in [5.41, 5.74) is 13.9. The molecule has 0 bridgehead atoms. The van der Waals surface area contributed by atoms with Gasteiger partial charge in [0.25, 0.3) is 0 Å². The van der Waals surface area contributed by atoms with Crippen molar-refractivity contribution < 1.29 is 19.8 Å². The molecule has 0 atom stereocenters. The summed E-state index contributed by atoms with van der Waals surface area (Å²) in [6.07, 6.45) is 24.4. The number of carboxylic acid groups (broad SMARTS) is 2. The molecule has 0 spiro atoms. The van der Waals surface area contributed by atoms with Crippen molar-refractivity contribution in [3.05, 3.63) is 108 Å². The number of carbonyl (C=O) groups excluding carboxylic acids is 2. The predicted molar refractivity (Wildman–Crippen MR) is 161 cm³/mol. The maximum absolute atomic E-state index is 8.89. The van der Waals surface area contributed by atoms with Gasteiger partial charge in [0.1, 0.15) is 0 Å². The van der Waals surface area contributed by atoms with Crippen LogP contribution in [0, 0.1) is 35.5 Å². The van der Waals surface area contributed by atoms with E-state index in [1.165, 1.54) is 16.7 Å². The predicted octanol–water partition coefficient (Wildman–Crippen LogP) is 5.80. The van der Waals surface area contributed by atoms with Gasteiger partial charge < -0.3 is 19.8 Å². The Morgan fingerprint density at radius 1 is 0.513 bits per heavy atom. The standard InChI is InChI=1S/3C10H13.2C2H4O2.Sb/c3*1-10(2,3)9-7-5-4-6-8-9;2*1-2(3)4;/h3*5-8H,1-3H3;2*1H3,(H,3,4);/p-2. The minimum atomic E-state index is -1.08. The van der Waals surface area contributed by atoms with Crippen LogP contribution in [0.3, 0.4) is 0 Å². The van der Waals surface area contributed by atoms with E-state index < -0.39 is 11.9 Å². The van der Waals surface area contributed by atoms with Gasteiger partial charge in [0.15, 0.2) is 0 Å². The zero-order valence-corrected chi connectivity index (χ0v) is 28.1. The van der Waals surface area contributed by atoms with E-state index in [0.29, 0.717) is 0 Å². The first kappa shape index (κ1) is 41.0. The first-order valence-electron chi connectivity index (χ1n) is 12.5. The number of carbonyl (C=O) groups is 2. The van der Waals surface area contributed by atoms with Gasteiger partial charge in [-0.25, -0.2) is 0 Å². The Morgan fingerprint density at radius 2 is 0.692 bits per heavy atom. The van der Waals surface area contributed by atoms with Crippen LogP contribution in [-0.2, 0) is 9.59 Å². The molecule has 0 aromatic rings. The molecule has 0 saturated carbocycles. The second-order valence-corrected chi connectivity index (χ2v) is 11.6. The van der Waals surface area contributed by atoms with Gasteiger partial charge in [0, 0.05) is 55.6 Å². The van der Waals surface area contributed by atoms with Crippen molar-refractivity contribution >= 4 is 36.4 Å². The summed E-state index contributed by atoms with van der Waals surface area (Å²) in [6.45, 7) is 21.8. The van der Waals surface area contributed by atoms with Gasteiger partial charge in [-0.2, -0.15) is 0 Å². The summed E-state index contributed by atoms with van der Waals surface area (Å²) in [6, 6.07) is 0. The summed E-state index contributed by atoms with van der Waals surface area (Å²) in [7, 11) is 0. The van der Waals surface area contributed by atoms with Crippen molar-refractivity contribution in [2.24, 2.45) is 16.2 Å². The third-order valence-corrected chi connectivity index (χ3v) is 4.75. The van der Waals surface area contributed by atoms with Crippen LogP contribution in [0.25, 0.3) is 0 Å². The molecule has 4 nitrogen and oxygen atoms in total. The zero-order chi connectivity index (χ0) is 30.0. The molecule has 6 radical (unpaired) electrons. The minimum absolute atomic E-state index is 0. The first-order valence-corrected chi connectivity index (χ1v) is 12.5. The number of allylic oxidation sites excluding steroid dienone is 9. The van der Waals surface area contributed by atoms with Crippen LogP contribution in [-0.4, -0.2) is 36.4 Å². The average Bonchev–Trinajstić information content (AvgIpc) is 2.79. The Hall–Kier alpha value is -2.46. The van der Waals surface area contributed by atoms with Crippen molar-refractivity contribution in [1.82, 2.24) is 0 Å². The summed E-state index contributed by atoms with van der Waals surface area (Å²) < 4.78 is 0. The third kappa shape index (κ3) is 25.6. The van der Waals surface area contributed by atoms with E-state index in [4.69, 9.17) is 19.8 Å². The van der Waals surface area contributed by atoms with Gasteiger partial charge in [-0.3, -0.25) is 0 Å². The number of hydrogen-bond donors (Lipinski definition) is 0. The molecule has 212 valence electrons. The molecule has 0 saturated heterocycles. The number of hydrogen-bond acceptors (Lipinski definition) is 4. The maximum atomic E-state index is 8.89. The molecule has 3 aliphatic carbocycles. The molecular weight excluding hydrogens is 594 g/mol. The molecule has 0 fully saturated rings. The molecule has 39 heavy (non-hydrogen) atoms. The fourth-order valence-corrected chi connectivity index (χ4v) is 2.66. The Balaban J connectivity index is -0.000000434. The smallest absolute Gasteiger partial charge is 0.0383 e. The summed E-state index contributed by atoms with van der Waals surface area (Å²) in [5.74, 6) is -2.17. The third-order valence-electron chi connectivity index (χ3n) is 4.75. The zero-order valence-electron chi connectivity index (χ0n) is 25.5. The molecule has 5 heteroatoms. The Morgan fingerprint density at radius 3 is 0.769 bits per heavy atom. The second-order valence-electron chi connectivity index (χ2n) is 11.6. The van der Waals surface area contributed by atoms with Crippen LogP contribution in [0.4, 0.5) is 0 Å². The van der Waals surface area contributed by atoms with Gasteiger partial charge in [0.2, 0.25) is 0 Å². The van der Waals surface area contributed by atoms with E-state index in [1.807, 2.05) is 36.5 Å². The number of carboxylic acids is 2. The number of aliphatic carboxylic acids is 2. The van der Waals surface area contributed by atoms with Crippen molar-refractivity contribution in [2.75, 3.05) is 0 Å². The minimum Gasteiger partial charge on any atom is -0.550 e. The van der Waals surface area contributed by atoms with Gasteiger partial charge in [-0.05, 0) is 66.5 Å². The van der Waals surface area contributed by atoms with Crippen molar-refractivity contribution in [2.45, 2.75) is 76.2 Å². The van der Waals surface area contributed by atoms with E-state index in [0.717, 1.165) is 13.8 Å². The van der Waals surface area contributed by atoms with Crippen molar-refractivity contribution in [1.29, 1.82) is 0 Å². The fraction of sp³-hybridized carbons (Fsp3) is 0.412. The molecule has 3 rings (SSSR count). The Bertz CT molecular complexity index is 917. The second kappa shape index (κ2) is 20.4. The summed E-state index contributed by atoms with van der Waals surface area (Å²) in [4.78, 5) is 17.8. The van der Waals surface area contributed by atoms with Crippen LogP contribution in [0.15, 0.2) is 88.6 Å². The fourth-order valence-electron chi connectivity index (χ4n) is 2.66. The summed E-state index contributed by atoms with van der Waals surface area (Å²) in [5, 5.41) is 17.8. The quantitative estimate of drug-likeness (QED) is 0.248. The molecule has 0 aliphatic heterocycles. The Kier molecular flexibility index (Phi) is 21.5. The van der Waals surface area contributed by atoms with Crippen LogP contribution < -0.4 is 10.2 Å². The van der Waals surface area contributed by atoms with Crippen molar-refractivity contribution in [3.63, 3.8) is 0 Å². The molecule has 0 unspecified atom stereocenters. The van der Waals surface area contributed by atoms with Gasteiger partial charge in [0.05, 0.1) is 0 Å². The van der Waals surface area contributed by atoms with Crippen LogP contribution in [0.1, 0.15) is 76.2 Å². The molecule has 0 N–H and O–H groups in total. The van der Waals surface area contributed by atoms with Crippen molar-refractivity contribution in [3.8, 4) is 0 Å². The van der Waals surface area contributed by atoms with Gasteiger partial charge >= 0.3 is 0 Å². The topological polar surface area (TPSA) is 80.3 Å². The average molecular weight is 639 g/mol. The monoisotopic (exact) mass is 638 g/mol. The normalized spacial score (nSPS) is 14.6. The molecule has 0 aromatic heterocycles. The van der Waals surface area contributed by atoms with Crippen LogP contribution in [0.5, 0.6) is 0 Å². The van der Waals surface area contributed by atoms with E-state index in [-0.39, 0.29) is 40.7 Å². The van der Waals surface area contributed by atoms with Gasteiger partial charge in [-0.1, -0.05) is 97.3 Å². The van der Waals surface area contributed by atoms with E-state index in [1.54, 1.807) is 0 Å². The SMILES string of the molecule is CC(=O)[O-].CC(=O)[O-].CC(C)(C)C1=CC=C=C[CH]1.CC(C)(C)C1=CC=C=C[CH]1.CC(C)(C)C1=CC=C=C[CH]1.[Sb].